The first-order valence-electron chi connectivity index (χ1n) is 12.5. The molecular weight excluding hydrogens is 457 g/mol. The molecular formula is C30H36FNO4. The molecule has 0 saturated carbocycles. The molecule has 0 aliphatic carbocycles. The first kappa shape index (κ1) is 26.5. The van der Waals surface area contributed by atoms with Gasteiger partial charge < -0.3 is 24.7 Å². The van der Waals surface area contributed by atoms with E-state index in [1.807, 2.05) is 105 Å². The fourth-order valence-electron chi connectivity index (χ4n) is 4.37. The predicted molar refractivity (Wildman–Crippen MR) is 138 cm³/mol. The van der Waals surface area contributed by atoms with Gasteiger partial charge in [-0.25, -0.2) is 4.39 Å². The van der Waals surface area contributed by atoms with Crippen LogP contribution < -0.4 is 5.73 Å². The molecule has 6 unspecified atom stereocenters. The van der Waals surface area contributed by atoms with E-state index >= 15 is 4.39 Å². The molecule has 1 heterocycles. The number of hydrogen-bond donors (Lipinski definition) is 1. The number of alkyl halides is 1. The van der Waals surface area contributed by atoms with Crippen LogP contribution in [0.1, 0.15) is 30.5 Å². The SMILES string of the molecule is CC(C)C(N)C1OC(F)C(OCc2ccccc2)C(OCc2ccccc2)C1OCc1ccccc1. The second-order valence-corrected chi connectivity index (χ2v) is 9.56. The molecule has 1 saturated heterocycles. The first-order valence-corrected chi connectivity index (χ1v) is 12.5. The summed E-state index contributed by atoms with van der Waals surface area (Å²) in [4.78, 5) is 0. The van der Waals surface area contributed by atoms with Gasteiger partial charge in [-0.1, -0.05) is 105 Å². The van der Waals surface area contributed by atoms with Crippen LogP contribution in [0.25, 0.3) is 0 Å². The van der Waals surface area contributed by atoms with E-state index in [-0.39, 0.29) is 19.1 Å². The molecule has 3 aromatic carbocycles. The monoisotopic (exact) mass is 493 g/mol. The lowest BCUT2D eigenvalue weighted by atomic mass is 9.89. The van der Waals surface area contributed by atoms with Crippen LogP contribution in [-0.4, -0.2) is 36.8 Å². The number of ether oxygens (including phenoxy) is 4. The highest BCUT2D eigenvalue weighted by molar-refractivity contribution is 5.16. The van der Waals surface area contributed by atoms with Crippen LogP contribution in [0, 0.1) is 5.92 Å². The van der Waals surface area contributed by atoms with Gasteiger partial charge in [-0.05, 0) is 22.6 Å². The number of rotatable bonds is 11. The molecule has 1 aliphatic heterocycles. The molecule has 6 heteroatoms. The topological polar surface area (TPSA) is 62.9 Å². The van der Waals surface area contributed by atoms with Crippen molar-refractivity contribution in [2.24, 2.45) is 11.7 Å². The summed E-state index contributed by atoms with van der Waals surface area (Å²) >= 11 is 0. The molecule has 2 N–H and O–H groups in total. The summed E-state index contributed by atoms with van der Waals surface area (Å²) in [6.45, 7) is 4.83. The van der Waals surface area contributed by atoms with E-state index < -0.39 is 36.8 Å². The molecule has 192 valence electrons. The molecule has 0 radical (unpaired) electrons. The van der Waals surface area contributed by atoms with E-state index in [0.717, 1.165) is 16.7 Å². The van der Waals surface area contributed by atoms with Crippen LogP contribution in [0.3, 0.4) is 0 Å². The Morgan fingerprint density at radius 2 is 1.06 bits per heavy atom. The van der Waals surface area contributed by atoms with Gasteiger partial charge in [0.05, 0.1) is 19.8 Å². The van der Waals surface area contributed by atoms with Crippen LogP contribution in [0.4, 0.5) is 4.39 Å². The Bertz CT molecular complexity index is 1020. The summed E-state index contributed by atoms with van der Waals surface area (Å²) < 4.78 is 40.4. The van der Waals surface area contributed by atoms with E-state index in [1.165, 1.54) is 0 Å². The lowest BCUT2D eigenvalue weighted by Gasteiger charge is -2.46. The molecule has 5 nitrogen and oxygen atoms in total. The fourth-order valence-corrected chi connectivity index (χ4v) is 4.37. The standard InChI is InChI=1S/C30H36FNO4/c1-21(2)25(32)26-27(33-18-22-12-6-3-7-13-22)28(34-19-23-14-8-4-9-15-23)29(30(31)36-26)35-20-24-16-10-5-11-17-24/h3-17,21,25-30H,18-20,32H2,1-2H3. The van der Waals surface area contributed by atoms with E-state index in [2.05, 4.69) is 0 Å². The van der Waals surface area contributed by atoms with Gasteiger partial charge in [0.25, 0.3) is 0 Å². The summed E-state index contributed by atoms with van der Waals surface area (Å²) in [5, 5.41) is 0. The second kappa shape index (κ2) is 13.1. The minimum atomic E-state index is -1.71. The average molecular weight is 494 g/mol. The van der Waals surface area contributed by atoms with Crippen LogP contribution in [0.2, 0.25) is 0 Å². The summed E-state index contributed by atoms with van der Waals surface area (Å²) in [5.74, 6) is 0.0570. The van der Waals surface area contributed by atoms with Crippen molar-refractivity contribution in [1.29, 1.82) is 0 Å². The van der Waals surface area contributed by atoms with Gasteiger partial charge in [0.2, 0.25) is 6.36 Å². The van der Waals surface area contributed by atoms with Crippen LogP contribution in [0.15, 0.2) is 91.0 Å². The second-order valence-electron chi connectivity index (χ2n) is 9.56. The largest absolute Gasteiger partial charge is 0.368 e. The minimum Gasteiger partial charge on any atom is -0.368 e. The van der Waals surface area contributed by atoms with Crippen molar-refractivity contribution >= 4 is 0 Å². The van der Waals surface area contributed by atoms with Crippen LogP contribution >= 0.6 is 0 Å². The lowest BCUT2D eigenvalue weighted by molar-refractivity contribution is -0.296. The predicted octanol–water partition coefficient (Wildman–Crippen LogP) is 5.42. The Labute approximate surface area is 213 Å². The van der Waals surface area contributed by atoms with E-state index in [1.54, 1.807) is 0 Å². The molecule has 0 amide bonds. The number of halogens is 1. The average Bonchev–Trinajstić information content (AvgIpc) is 2.91. The van der Waals surface area contributed by atoms with Gasteiger partial charge in [-0.3, -0.25) is 0 Å². The Balaban J connectivity index is 1.60. The lowest BCUT2D eigenvalue weighted by Crippen LogP contribution is -2.64. The van der Waals surface area contributed by atoms with Gasteiger partial charge in [0.15, 0.2) is 0 Å². The number of hydrogen-bond acceptors (Lipinski definition) is 5. The Kier molecular flexibility index (Phi) is 9.61. The molecule has 1 aliphatic rings. The Morgan fingerprint density at radius 3 is 1.47 bits per heavy atom. The fraction of sp³-hybridized carbons (Fsp3) is 0.400. The third-order valence-corrected chi connectivity index (χ3v) is 6.52. The molecule has 4 rings (SSSR count). The zero-order valence-electron chi connectivity index (χ0n) is 20.9. The molecule has 36 heavy (non-hydrogen) atoms. The van der Waals surface area contributed by atoms with Crippen molar-refractivity contribution in [3.8, 4) is 0 Å². The molecule has 6 atom stereocenters. The van der Waals surface area contributed by atoms with Gasteiger partial charge in [-0.15, -0.1) is 0 Å². The highest BCUT2D eigenvalue weighted by Gasteiger charge is 2.50. The molecule has 0 bridgehead atoms. The zero-order valence-corrected chi connectivity index (χ0v) is 20.9. The molecule has 0 aromatic heterocycles. The smallest absolute Gasteiger partial charge is 0.228 e. The summed E-state index contributed by atoms with van der Waals surface area (Å²) in [6, 6.07) is 28.9. The van der Waals surface area contributed by atoms with E-state index in [9.17, 15) is 0 Å². The van der Waals surface area contributed by atoms with Crippen molar-refractivity contribution in [2.75, 3.05) is 0 Å². The van der Waals surface area contributed by atoms with Gasteiger partial charge in [0, 0.05) is 6.04 Å². The van der Waals surface area contributed by atoms with E-state index in [0.29, 0.717) is 6.61 Å². The third kappa shape index (κ3) is 6.99. The van der Waals surface area contributed by atoms with Gasteiger partial charge in [0.1, 0.15) is 24.4 Å². The maximum absolute atomic E-state index is 15.6. The quantitative estimate of drug-likeness (QED) is 0.386. The number of benzene rings is 3. The number of nitrogens with two attached hydrogens (primary N) is 1. The summed E-state index contributed by atoms with van der Waals surface area (Å²) in [7, 11) is 0. The first-order chi connectivity index (χ1) is 17.5. The van der Waals surface area contributed by atoms with Crippen LogP contribution in [-0.2, 0) is 38.8 Å². The molecule has 1 fully saturated rings. The van der Waals surface area contributed by atoms with Crippen molar-refractivity contribution in [3.05, 3.63) is 108 Å². The maximum Gasteiger partial charge on any atom is 0.228 e. The van der Waals surface area contributed by atoms with Crippen molar-refractivity contribution < 1.29 is 23.3 Å². The van der Waals surface area contributed by atoms with Gasteiger partial charge >= 0.3 is 0 Å². The van der Waals surface area contributed by atoms with E-state index in [4.69, 9.17) is 24.7 Å². The highest BCUT2D eigenvalue weighted by atomic mass is 19.1. The minimum absolute atomic E-state index is 0.0570. The highest BCUT2D eigenvalue weighted by Crippen LogP contribution is 2.33. The Hall–Kier alpha value is -2.61. The normalized spacial score (nSPS) is 25.1. The molecule has 3 aromatic rings. The van der Waals surface area contributed by atoms with Crippen molar-refractivity contribution in [3.63, 3.8) is 0 Å². The van der Waals surface area contributed by atoms with Crippen LogP contribution in [0.5, 0.6) is 0 Å². The Morgan fingerprint density at radius 1 is 0.667 bits per heavy atom. The van der Waals surface area contributed by atoms with Crippen molar-refractivity contribution in [2.45, 2.75) is 70.5 Å². The molecule has 0 spiro atoms. The zero-order chi connectivity index (χ0) is 25.3. The van der Waals surface area contributed by atoms with Crippen molar-refractivity contribution in [1.82, 2.24) is 0 Å². The summed E-state index contributed by atoms with van der Waals surface area (Å²) in [6.07, 6.45) is -4.73. The maximum atomic E-state index is 15.6. The summed E-state index contributed by atoms with van der Waals surface area (Å²) in [5.41, 5.74) is 9.44. The third-order valence-electron chi connectivity index (χ3n) is 6.52. The van der Waals surface area contributed by atoms with Gasteiger partial charge in [-0.2, -0.15) is 0 Å².